The lowest BCUT2D eigenvalue weighted by atomic mass is 10.1. The monoisotopic (exact) mass is 419 g/mol. The third-order valence-electron chi connectivity index (χ3n) is 4.72. The Morgan fingerprint density at radius 1 is 1.13 bits per heavy atom. The zero-order chi connectivity index (χ0) is 21.9. The molecule has 0 bridgehead atoms. The van der Waals surface area contributed by atoms with Gasteiger partial charge in [-0.25, -0.2) is 0 Å². The molecule has 158 valence electrons. The molecule has 1 fully saturated rings. The molecule has 0 aromatic heterocycles. The van der Waals surface area contributed by atoms with Crippen molar-refractivity contribution in [3.8, 4) is 0 Å². The van der Waals surface area contributed by atoms with Gasteiger partial charge in [-0.15, -0.1) is 0 Å². The first kappa shape index (κ1) is 21.4. The van der Waals surface area contributed by atoms with Gasteiger partial charge in [-0.2, -0.15) is 13.2 Å². The van der Waals surface area contributed by atoms with E-state index in [1.54, 1.807) is 24.3 Å². The second kappa shape index (κ2) is 8.56. The van der Waals surface area contributed by atoms with Crippen molar-refractivity contribution in [3.05, 3.63) is 59.7 Å². The van der Waals surface area contributed by atoms with Gasteiger partial charge in [0.2, 0.25) is 17.7 Å². The lowest BCUT2D eigenvalue weighted by Gasteiger charge is -2.18. The summed E-state index contributed by atoms with van der Waals surface area (Å²) in [5.41, 5.74) is 0.717. The molecule has 1 saturated heterocycles. The molecule has 2 aromatic carbocycles. The summed E-state index contributed by atoms with van der Waals surface area (Å²) in [5.74, 6) is -1.57. The number of halogens is 3. The van der Waals surface area contributed by atoms with Gasteiger partial charge in [0.15, 0.2) is 0 Å². The minimum Gasteiger partial charge on any atom is -0.352 e. The molecule has 3 amide bonds. The number of amides is 3. The molecule has 1 aliphatic rings. The summed E-state index contributed by atoms with van der Waals surface area (Å²) in [6.45, 7) is 1.65. The third-order valence-corrected chi connectivity index (χ3v) is 4.72. The topological polar surface area (TPSA) is 78.5 Å². The highest BCUT2D eigenvalue weighted by atomic mass is 19.4. The van der Waals surface area contributed by atoms with Gasteiger partial charge in [-0.3, -0.25) is 14.4 Å². The Morgan fingerprint density at radius 2 is 1.83 bits per heavy atom. The van der Waals surface area contributed by atoms with Crippen LogP contribution in [0, 0.1) is 5.92 Å². The molecule has 3 rings (SSSR count). The first-order valence-corrected chi connectivity index (χ1v) is 9.25. The minimum absolute atomic E-state index is 0.0213. The van der Waals surface area contributed by atoms with Gasteiger partial charge >= 0.3 is 6.18 Å². The lowest BCUT2D eigenvalue weighted by molar-refractivity contribution is -0.137. The van der Waals surface area contributed by atoms with E-state index in [4.69, 9.17) is 0 Å². The van der Waals surface area contributed by atoms with Crippen molar-refractivity contribution < 1.29 is 27.6 Å². The van der Waals surface area contributed by atoms with Crippen molar-refractivity contribution in [3.63, 3.8) is 0 Å². The fraction of sp³-hybridized carbons (Fsp3) is 0.286. The van der Waals surface area contributed by atoms with Crippen LogP contribution < -0.4 is 15.5 Å². The van der Waals surface area contributed by atoms with Crippen molar-refractivity contribution in [1.29, 1.82) is 0 Å². The molecule has 0 spiro atoms. The molecule has 9 heteroatoms. The number of nitrogens with zero attached hydrogens (tertiary/aromatic N) is 1. The van der Waals surface area contributed by atoms with E-state index in [2.05, 4.69) is 10.6 Å². The predicted octanol–water partition coefficient (Wildman–Crippen LogP) is 3.33. The number of hydrogen-bond acceptors (Lipinski definition) is 3. The van der Waals surface area contributed by atoms with E-state index < -0.39 is 23.6 Å². The van der Waals surface area contributed by atoms with Gasteiger partial charge in [0, 0.05) is 37.8 Å². The smallest absolute Gasteiger partial charge is 0.352 e. The van der Waals surface area contributed by atoms with Crippen LogP contribution in [0.2, 0.25) is 0 Å². The Bertz CT molecular complexity index is 958. The van der Waals surface area contributed by atoms with Crippen LogP contribution in [0.5, 0.6) is 0 Å². The number of rotatable bonds is 5. The van der Waals surface area contributed by atoms with Crippen LogP contribution in [0.25, 0.3) is 0 Å². The van der Waals surface area contributed by atoms with E-state index in [1.807, 2.05) is 0 Å². The molecule has 0 aliphatic carbocycles. The van der Waals surface area contributed by atoms with Crippen molar-refractivity contribution in [2.75, 3.05) is 16.8 Å². The van der Waals surface area contributed by atoms with Crippen LogP contribution in [0.1, 0.15) is 24.5 Å². The molecule has 1 atom stereocenters. The Kier molecular flexibility index (Phi) is 6.09. The number of benzene rings is 2. The maximum Gasteiger partial charge on any atom is 0.416 e. The quantitative estimate of drug-likeness (QED) is 0.780. The molecule has 6 nitrogen and oxygen atoms in total. The Balaban J connectivity index is 1.59. The SMILES string of the molecule is CC(=O)Nc1ccc(CNC(=O)C2CC(=O)N(c3cccc(C(F)(F)F)c3)C2)cc1. The van der Waals surface area contributed by atoms with Crippen molar-refractivity contribution in [2.24, 2.45) is 5.92 Å². The molecule has 2 aromatic rings. The normalized spacial score (nSPS) is 16.5. The van der Waals surface area contributed by atoms with Gasteiger partial charge in [-0.05, 0) is 35.9 Å². The van der Waals surface area contributed by atoms with E-state index in [-0.39, 0.29) is 37.0 Å². The molecule has 0 saturated carbocycles. The van der Waals surface area contributed by atoms with E-state index >= 15 is 0 Å². The van der Waals surface area contributed by atoms with Crippen LogP contribution >= 0.6 is 0 Å². The van der Waals surface area contributed by atoms with Crippen LogP contribution in [0.4, 0.5) is 24.5 Å². The van der Waals surface area contributed by atoms with E-state index in [0.717, 1.165) is 17.7 Å². The van der Waals surface area contributed by atoms with Gasteiger partial charge in [0.05, 0.1) is 11.5 Å². The molecule has 2 N–H and O–H groups in total. The van der Waals surface area contributed by atoms with E-state index in [1.165, 1.54) is 24.0 Å². The van der Waals surface area contributed by atoms with Crippen molar-refractivity contribution in [2.45, 2.75) is 26.1 Å². The summed E-state index contributed by atoms with van der Waals surface area (Å²) in [6, 6.07) is 11.4. The average molecular weight is 419 g/mol. The second-order valence-corrected chi connectivity index (χ2v) is 7.05. The van der Waals surface area contributed by atoms with Crippen LogP contribution in [0.3, 0.4) is 0 Å². The second-order valence-electron chi connectivity index (χ2n) is 7.05. The third kappa shape index (κ3) is 5.16. The standard InChI is InChI=1S/C21H20F3N3O3/c1-13(28)26-17-7-5-14(6-8-17)11-25-20(30)15-9-19(29)27(12-15)18-4-2-3-16(10-18)21(22,23)24/h2-8,10,15H,9,11-12H2,1H3,(H,25,30)(H,26,28). The summed E-state index contributed by atoms with van der Waals surface area (Å²) < 4.78 is 38.8. The summed E-state index contributed by atoms with van der Waals surface area (Å²) in [7, 11) is 0. The predicted molar refractivity (Wildman–Crippen MR) is 104 cm³/mol. The van der Waals surface area contributed by atoms with Gasteiger partial charge < -0.3 is 15.5 Å². The van der Waals surface area contributed by atoms with Gasteiger partial charge in [0.1, 0.15) is 0 Å². The Morgan fingerprint density at radius 3 is 2.47 bits per heavy atom. The largest absolute Gasteiger partial charge is 0.416 e. The van der Waals surface area contributed by atoms with Crippen molar-refractivity contribution in [1.82, 2.24) is 5.32 Å². The fourth-order valence-electron chi connectivity index (χ4n) is 3.23. The van der Waals surface area contributed by atoms with Crippen molar-refractivity contribution >= 4 is 29.1 Å². The maximum atomic E-state index is 12.9. The maximum absolute atomic E-state index is 12.9. The highest BCUT2D eigenvalue weighted by Gasteiger charge is 2.36. The number of anilines is 2. The summed E-state index contributed by atoms with van der Waals surface area (Å²) >= 11 is 0. The zero-order valence-corrected chi connectivity index (χ0v) is 16.1. The summed E-state index contributed by atoms with van der Waals surface area (Å²) in [5, 5.41) is 5.38. The summed E-state index contributed by atoms with van der Waals surface area (Å²) in [6.07, 6.45) is -4.57. The molecule has 1 heterocycles. The molecular weight excluding hydrogens is 399 g/mol. The average Bonchev–Trinajstić information content (AvgIpc) is 3.08. The van der Waals surface area contributed by atoms with Gasteiger partial charge in [0.25, 0.3) is 0 Å². The van der Waals surface area contributed by atoms with E-state index in [0.29, 0.717) is 5.69 Å². The minimum atomic E-state index is -4.51. The number of nitrogens with one attached hydrogen (secondary N) is 2. The first-order chi connectivity index (χ1) is 14.1. The molecular formula is C21H20F3N3O3. The number of alkyl halides is 3. The van der Waals surface area contributed by atoms with Crippen LogP contribution in [-0.4, -0.2) is 24.3 Å². The first-order valence-electron chi connectivity index (χ1n) is 9.25. The molecule has 1 aliphatic heterocycles. The Hall–Kier alpha value is -3.36. The highest BCUT2D eigenvalue weighted by Crippen LogP contribution is 2.33. The number of carbonyl (C=O) groups excluding carboxylic acids is 3. The zero-order valence-electron chi connectivity index (χ0n) is 16.1. The highest BCUT2D eigenvalue weighted by molar-refractivity contribution is 6.00. The fourth-order valence-corrected chi connectivity index (χ4v) is 3.23. The Labute approximate surface area is 171 Å². The van der Waals surface area contributed by atoms with Gasteiger partial charge in [-0.1, -0.05) is 18.2 Å². The molecule has 30 heavy (non-hydrogen) atoms. The lowest BCUT2D eigenvalue weighted by Crippen LogP contribution is -2.32. The number of hydrogen-bond donors (Lipinski definition) is 2. The van der Waals surface area contributed by atoms with E-state index in [9.17, 15) is 27.6 Å². The molecule has 1 unspecified atom stereocenters. The van der Waals surface area contributed by atoms with Crippen LogP contribution in [0.15, 0.2) is 48.5 Å². The summed E-state index contributed by atoms with van der Waals surface area (Å²) in [4.78, 5) is 37.0. The van der Waals surface area contributed by atoms with Crippen LogP contribution in [-0.2, 0) is 27.1 Å². The molecule has 0 radical (unpaired) electrons. The number of carbonyl (C=O) groups is 3.